The largest absolute Gasteiger partial charge is 0.480 e. The van der Waals surface area contributed by atoms with Crippen molar-refractivity contribution in [1.29, 1.82) is 0 Å². The molecule has 0 amide bonds. The Morgan fingerprint density at radius 3 is 2.62 bits per heavy atom. The van der Waals surface area contributed by atoms with Crippen molar-refractivity contribution in [3.63, 3.8) is 0 Å². The zero-order chi connectivity index (χ0) is 14.4. The summed E-state index contributed by atoms with van der Waals surface area (Å²) in [6.45, 7) is 0.518. The van der Waals surface area contributed by atoms with Gasteiger partial charge in [-0.15, -0.1) is 0 Å². The first kappa shape index (κ1) is 12.2. The van der Waals surface area contributed by atoms with Crippen molar-refractivity contribution in [1.82, 2.24) is 5.32 Å². The zero-order valence-corrected chi connectivity index (χ0v) is 11.1. The summed E-state index contributed by atoms with van der Waals surface area (Å²) in [5.41, 5.74) is 1.96. The molecule has 0 spiro atoms. The predicted octanol–water partition coefficient (Wildman–Crippen LogP) is 2.68. The maximum atomic E-state index is 11.2. The lowest BCUT2D eigenvalue weighted by molar-refractivity contribution is -0.139. The van der Waals surface area contributed by atoms with Gasteiger partial charge in [-0.1, -0.05) is 18.2 Å². The number of hydrogen-bond acceptors (Lipinski definition) is 4. The fraction of sp³-hybridized carbons (Fsp3) is 0.188. The van der Waals surface area contributed by atoms with Crippen LogP contribution in [-0.2, 0) is 17.8 Å². The van der Waals surface area contributed by atoms with Gasteiger partial charge in [0.15, 0.2) is 23.0 Å². The van der Waals surface area contributed by atoms with Gasteiger partial charge in [0.1, 0.15) is 6.04 Å². The summed E-state index contributed by atoms with van der Waals surface area (Å²) in [5.74, 6) is 1.75. The Bertz CT molecular complexity index is 741. The molecule has 0 bridgehead atoms. The number of para-hydroxylation sites is 2. The summed E-state index contributed by atoms with van der Waals surface area (Å²) in [6.07, 6.45) is 0.388. The highest BCUT2D eigenvalue weighted by molar-refractivity contribution is 5.75. The van der Waals surface area contributed by atoms with Gasteiger partial charge in [-0.3, -0.25) is 4.79 Å². The highest BCUT2D eigenvalue weighted by Gasteiger charge is 2.30. The maximum Gasteiger partial charge on any atom is 0.321 e. The molecule has 0 radical (unpaired) electrons. The van der Waals surface area contributed by atoms with E-state index in [0.717, 1.165) is 11.1 Å². The molecule has 106 valence electrons. The summed E-state index contributed by atoms with van der Waals surface area (Å²) < 4.78 is 11.8. The van der Waals surface area contributed by atoms with E-state index in [-0.39, 0.29) is 0 Å². The van der Waals surface area contributed by atoms with Gasteiger partial charge < -0.3 is 19.9 Å². The molecule has 2 aliphatic rings. The smallest absolute Gasteiger partial charge is 0.321 e. The molecule has 0 saturated heterocycles. The molecule has 2 N–H and O–H groups in total. The normalized spacial score (nSPS) is 18.6. The Balaban J connectivity index is 1.78. The summed E-state index contributed by atoms with van der Waals surface area (Å²) in [4.78, 5) is 11.2. The second-order valence-corrected chi connectivity index (χ2v) is 5.16. The lowest BCUT2D eigenvalue weighted by Crippen LogP contribution is -2.41. The van der Waals surface area contributed by atoms with Gasteiger partial charge in [0.25, 0.3) is 0 Å². The second-order valence-electron chi connectivity index (χ2n) is 5.16. The molecule has 2 aliphatic heterocycles. The second kappa shape index (κ2) is 4.49. The van der Waals surface area contributed by atoms with Crippen LogP contribution in [0.5, 0.6) is 23.0 Å². The highest BCUT2D eigenvalue weighted by Crippen LogP contribution is 2.48. The van der Waals surface area contributed by atoms with E-state index in [4.69, 9.17) is 9.47 Å². The summed E-state index contributed by atoms with van der Waals surface area (Å²) >= 11 is 0. The van der Waals surface area contributed by atoms with E-state index in [1.165, 1.54) is 0 Å². The number of ether oxygens (including phenoxy) is 2. The molecule has 0 aliphatic carbocycles. The number of nitrogens with one attached hydrogen (secondary N) is 1. The van der Waals surface area contributed by atoms with Crippen molar-refractivity contribution in [2.24, 2.45) is 0 Å². The zero-order valence-electron chi connectivity index (χ0n) is 11.1. The van der Waals surface area contributed by atoms with Crippen LogP contribution in [0.25, 0.3) is 0 Å². The summed E-state index contributed by atoms with van der Waals surface area (Å²) in [6, 6.07) is 10.7. The minimum absolute atomic E-state index is 0.388. The van der Waals surface area contributed by atoms with Crippen molar-refractivity contribution in [3.8, 4) is 23.0 Å². The van der Waals surface area contributed by atoms with E-state index >= 15 is 0 Å². The van der Waals surface area contributed by atoms with Crippen molar-refractivity contribution >= 4 is 5.97 Å². The monoisotopic (exact) mass is 283 g/mol. The van der Waals surface area contributed by atoms with Gasteiger partial charge in [0.2, 0.25) is 0 Å². The molecule has 0 aromatic heterocycles. The minimum atomic E-state index is -0.851. The van der Waals surface area contributed by atoms with Crippen LogP contribution in [0.3, 0.4) is 0 Å². The topological polar surface area (TPSA) is 67.8 Å². The van der Waals surface area contributed by atoms with Gasteiger partial charge in [-0.05, 0) is 23.8 Å². The van der Waals surface area contributed by atoms with Crippen molar-refractivity contribution < 1.29 is 19.4 Å². The molecule has 21 heavy (non-hydrogen) atoms. The van der Waals surface area contributed by atoms with Crippen LogP contribution in [-0.4, -0.2) is 17.1 Å². The van der Waals surface area contributed by atoms with Crippen LogP contribution in [0, 0.1) is 0 Å². The van der Waals surface area contributed by atoms with E-state index in [1.54, 1.807) is 0 Å². The molecule has 2 aromatic rings. The van der Waals surface area contributed by atoms with Crippen molar-refractivity contribution in [3.05, 3.63) is 47.5 Å². The van der Waals surface area contributed by atoms with Gasteiger partial charge in [-0.2, -0.15) is 0 Å². The van der Waals surface area contributed by atoms with E-state index in [2.05, 4.69) is 5.32 Å². The van der Waals surface area contributed by atoms with Crippen LogP contribution in [0.1, 0.15) is 11.1 Å². The number of carboxylic acids is 1. The molecule has 4 rings (SSSR count). The maximum absolute atomic E-state index is 11.2. The summed E-state index contributed by atoms with van der Waals surface area (Å²) in [7, 11) is 0. The van der Waals surface area contributed by atoms with Gasteiger partial charge in [-0.25, -0.2) is 0 Å². The molecule has 5 nitrogen and oxygen atoms in total. The Morgan fingerprint density at radius 2 is 1.86 bits per heavy atom. The number of aliphatic carboxylic acids is 1. The number of benzene rings is 2. The Morgan fingerprint density at radius 1 is 1.10 bits per heavy atom. The van der Waals surface area contributed by atoms with Gasteiger partial charge >= 0.3 is 5.97 Å². The first-order valence-electron chi connectivity index (χ1n) is 6.78. The third-order valence-electron chi connectivity index (χ3n) is 3.85. The van der Waals surface area contributed by atoms with Crippen LogP contribution in [0.15, 0.2) is 36.4 Å². The first-order chi connectivity index (χ1) is 10.2. The van der Waals surface area contributed by atoms with Crippen LogP contribution < -0.4 is 14.8 Å². The summed E-state index contributed by atoms with van der Waals surface area (Å²) in [5, 5.41) is 12.2. The fourth-order valence-electron chi connectivity index (χ4n) is 2.76. The SMILES string of the molecule is O=C(O)[C@@H]1Cc2c(ccc3c2Oc2ccccc2O3)CN1. The molecule has 0 fully saturated rings. The fourth-order valence-corrected chi connectivity index (χ4v) is 2.76. The molecule has 0 saturated carbocycles. The van der Waals surface area contributed by atoms with Crippen LogP contribution >= 0.6 is 0 Å². The third kappa shape index (κ3) is 1.94. The van der Waals surface area contributed by atoms with Crippen molar-refractivity contribution in [2.75, 3.05) is 0 Å². The van der Waals surface area contributed by atoms with E-state index < -0.39 is 12.0 Å². The number of carbonyl (C=O) groups is 1. The number of carboxylic acid groups (broad SMARTS) is 1. The Hall–Kier alpha value is -2.53. The van der Waals surface area contributed by atoms with E-state index in [0.29, 0.717) is 36.0 Å². The first-order valence-corrected chi connectivity index (χ1v) is 6.78. The minimum Gasteiger partial charge on any atom is -0.480 e. The van der Waals surface area contributed by atoms with E-state index in [1.807, 2.05) is 36.4 Å². The molecular formula is C16H13NO4. The molecule has 0 unspecified atom stereocenters. The van der Waals surface area contributed by atoms with Crippen LogP contribution in [0.4, 0.5) is 0 Å². The van der Waals surface area contributed by atoms with Gasteiger partial charge in [0, 0.05) is 18.5 Å². The average Bonchev–Trinajstić information content (AvgIpc) is 2.52. The molecule has 2 heterocycles. The number of hydrogen-bond donors (Lipinski definition) is 2. The Labute approximate surface area is 121 Å². The Kier molecular flexibility index (Phi) is 2.62. The predicted molar refractivity (Wildman–Crippen MR) is 75.0 cm³/mol. The quantitative estimate of drug-likeness (QED) is 0.718. The molecule has 1 atom stereocenters. The third-order valence-corrected chi connectivity index (χ3v) is 3.85. The lowest BCUT2D eigenvalue weighted by atomic mass is 9.94. The number of rotatable bonds is 1. The highest BCUT2D eigenvalue weighted by atomic mass is 16.6. The molecule has 2 aromatic carbocycles. The standard InChI is InChI=1S/C16H13NO4/c18-16(19)11-7-10-9(8-17-11)5-6-14-15(10)21-13-4-2-1-3-12(13)20-14/h1-6,11,17H,7-8H2,(H,18,19)/t11-/m0/s1. The van der Waals surface area contributed by atoms with E-state index in [9.17, 15) is 9.90 Å². The van der Waals surface area contributed by atoms with Crippen molar-refractivity contribution in [2.45, 2.75) is 19.0 Å². The average molecular weight is 283 g/mol. The number of fused-ring (bicyclic) bond motifs is 4. The lowest BCUT2D eigenvalue weighted by Gasteiger charge is -2.28. The molecular weight excluding hydrogens is 270 g/mol. The molecule has 5 heteroatoms. The van der Waals surface area contributed by atoms with Crippen LogP contribution in [0.2, 0.25) is 0 Å². The van der Waals surface area contributed by atoms with Gasteiger partial charge in [0.05, 0.1) is 0 Å².